The molecule has 2 bridgehead atoms. The zero-order valence-corrected chi connectivity index (χ0v) is 11.8. The van der Waals surface area contributed by atoms with Crippen LogP contribution < -0.4 is 5.32 Å². The van der Waals surface area contributed by atoms with E-state index in [1.165, 1.54) is 17.5 Å². The summed E-state index contributed by atoms with van der Waals surface area (Å²) in [6.45, 7) is 0. The van der Waals surface area contributed by atoms with Crippen LogP contribution in [0.25, 0.3) is 11.2 Å². The zero-order valence-electron chi connectivity index (χ0n) is 11.1. The van der Waals surface area contributed by atoms with E-state index in [0.29, 0.717) is 28.8 Å². The summed E-state index contributed by atoms with van der Waals surface area (Å²) in [4.78, 5) is 12.7. The van der Waals surface area contributed by atoms with Gasteiger partial charge in [-0.15, -0.1) is 0 Å². The SMILES string of the molecule is Clc1ncnc2c1ncn2C1C[C@H]2N[C@@H]1c1ccccc12. The first-order valence-corrected chi connectivity index (χ1v) is 7.38. The van der Waals surface area contributed by atoms with E-state index >= 15 is 0 Å². The molecule has 1 fully saturated rings. The van der Waals surface area contributed by atoms with Crippen molar-refractivity contribution in [3.8, 4) is 0 Å². The lowest BCUT2D eigenvalue weighted by atomic mass is 9.88. The lowest BCUT2D eigenvalue weighted by Gasteiger charge is -2.24. The van der Waals surface area contributed by atoms with Gasteiger partial charge in [0.1, 0.15) is 11.8 Å². The van der Waals surface area contributed by atoms with Gasteiger partial charge in [-0.05, 0) is 17.5 Å². The molecule has 0 saturated carbocycles. The number of nitrogens with zero attached hydrogens (tertiary/aromatic N) is 4. The summed E-state index contributed by atoms with van der Waals surface area (Å²) >= 11 is 6.09. The highest BCUT2D eigenvalue weighted by Crippen LogP contribution is 2.51. The molecule has 5 nitrogen and oxygen atoms in total. The molecule has 21 heavy (non-hydrogen) atoms. The standard InChI is InChI=1S/C15H12ClN5/c16-14-13-15(18-6-17-14)21(7-19-13)11-5-10-8-3-1-2-4-9(8)12(11)20-10/h1-4,6-7,10-12,20H,5H2/t10-,11?,12-/m1/s1. The number of aromatic nitrogens is 4. The van der Waals surface area contributed by atoms with E-state index in [2.05, 4.69) is 49.1 Å². The molecule has 1 N–H and O–H groups in total. The van der Waals surface area contributed by atoms with Gasteiger partial charge in [0.2, 0.25) is 0 Å². The van der Waals surface area contributed by atoms with Crippen LogP contribution >= 0.6 is 11.6 Å². The molecule has 0 amide bonds. The van der Waals surface area contributed by atoms with Gasteiger partial charge in [-0.3, -0.25) is 0 Å². The molecule has 1 aromatic carbocycles. The summed E-state index contributed by atoms with van der Waals surface area (Å²) in [7, 11) is 0. The van der Waals surface area contributed by atoms with Crippen molar-refractivity contribution in [2.45, 2.75) is 24.5 Å². The Kier molecular flexibility index (Phi) is 2.23. The second kappa shape index (κ2) is 4.02. The minimum atomic E-state index is 0.317. The molecule has 6 heteroatoms. The van der Waals surface area contributed by atoms with Crippen molar-refractivity contribution in [3.05, 3.63) is 53.2 Å². The van der Waals surface area contributed by atoms with Crippen LogP contribution in [0.2, 0.25) is 5.15 Å². The molecule has 5 rings (SSSR count). The average molecular weight is 298 g/mol. The van der Waals surface area contributed by atoms with E-state index in [4.69, 9.17) is 11.6 Å². The van der Waals surface area contributed by atoms with E-state index in [0.717, 1.165) is 12.1 Å². The Morgan fingerprint density at radius 2 is 2.00 bits per heavy atom. The molecular formula is C15H12ClN5. The fourth-order valence-electron chi connectivity index (χ4n) is 3.74. The predicted octanol–water partition coefficient (Wildman–Crippen LogP) is 2.81. The first-order chi connectivity index (χ1) is 10.3. The number of hydrogen-bond donors (Lipinski definition) is 1. The third kappa shape index (κ3) is 1.47. The third-order valence-corrected chi connectivity index (χ3v) is 4.90. The average Bonchev–Trinajstić information content (AvgIpc) is 3.20. The molecule has 3 atom stereocenters. The van der Waals surface area contributed by atoms with E-state index in [-0.39, 0.29) is 0 Å². The molecule has 2 aliphatic heterocycles. The number of nitrogens with one attached hydrogen (secondary N) is 1. The molecule has 1 unspecified atom stereocenters. The topological polar surface area (TPSA) is 55.6 Å². The highest BCUT2D eigenvalue weighted by atomic mass is 35.5. The first-order valence-electron chi connectivity index (χ1n) is 7.01. The Morgan fingerprint density at radius 3 is 2.90 bits per heavy atom. The smallest absolute Gasteiger partial charge is 0.165 e. The Labute approximate surface area is 126 Å². The van der Waals surface area contributed by atoms with Crippen LogP contribution in [0.1, 0.15) is 35.7 Å². The van der Waals surface area contributed by atoms with Crippen molar-refractivity contribution in [1.82, 2.24) is 24.8 Å². The van der Waals surface area contributed by atoms with Crippen molar-refractivity contribution >= 4 is 22.8 Å². The second-order valence-electron chi connectivity index (χ2n) is 5.62. The summed E-state index contributed by atoms with van der Waals surface area (Å²) in [5.74, 6) is 0. The van der Waals surface area contributed by atoms with Crippen molar-refractivity contribution < 1.29 is 0 Å². The Bertz CT molecular complexity index is 858. The molecule has 1 saturated heterocycles. The van der Waals surface area contributed by atoms with Crippen molar-refractivity contribution in [2.24, 2.45) is 0 Å². The van der Waals surface area contributed by atoms with Crippen LogP contribution in [0, 0.1) is 0 Å². The first kappa shape index (κ1) is 11.7. The van der Waals surface area contributed by atoms with Crippen LogP contribution in [-0.2, 0) is 0 Å². The summed E-state index contributed by atoms with van der Waals surface area (Å²) < 4.78 is 2.14. The van der Waals surface area contributed by atoms with E-state index in [1.54, 1.807) is 0 Å². The molecule has 2 aromatic heterocycles. The van der Waals surface area contributed by atoms with E-state index in [1.807, 2.05) is 6.33 Å². The van der Waals surface area contributed by atoms with Crippen LogP contribution in [0.4, 0.5) is 0 Å². The molecular weight excluding hydrogens is 286 g/mol. The van der Waals surface area contributed by atoms with Crippen LogP contribution in [0.15, 0.2) is 36.9 Å². The van der Waals surface area contributed by atoms with Gasteiger partial charge in [0, 0.05) is 6.04 Å². The van der Waals surface area contributed by atoms with Crippen molar-refractivity contribution in [1.29, 1.82) is 0 Å². The minimum absolute atomic E-state index is 0.317. The quantitative estimate of drug-likeness (QED) is 0.702. The number of halogens is 1. The maximum Gasteiger partial charge on any atom is 0.165 e. The largest absolute Gasteiger partial charge is 0.310 e. The molecule has 4 heterocycles. The van der Waals surface area contributed by atoms with Gasteiger partial charge in [-0.1, -0.05) is 35.9 Å². The van der Waals surface area contributed by atoms with Gasteiger partial charge in [-0.25, -0.2) is 15.0 Å². The number of benzene rings is 1. The highest BCUT2D eigenvalue weighted by Gasteiger charge is 2.44. The predicted molar refractivity (Wildman–Crippen MR) is 79.0 cm³/mol. The second-order valence-corrected chi connectivity index (χ2v) is 5.98. The summed E-state index contributed by atoms with van der Waals surface area (Å²) in [6.07, 6.45) is 4.38. The monoisotopic (exact) mass is 297 g/mol. The number of rotatable bonds is 1. The molecule has 0 radical (unpaired) electrons. The summed E-state index contributed by atoms with van der Waals surface area (Å²) in [5.41, 5.74) is 4.30. The van der Waals surface area contributed by atoms with Gasteiger partial charge in [-0.2, -0.15) is 0 Å². The van der Waals surface area contributed by atoms with E-state index < -0.39 is 0 Å². The van der Waals surface area contributed by atoms with Gasteiger partial charge in [0.25, 0.3) is 0 Å². The molecule has 2 aliphatic rings. The molecule has 3 aromatic rings. The number of hydrogen-bond acceptors (Lipinski definition) is 4. The Balaban J connectivity index is 1.65. The lowest BCUT2D eigenvalue weighted by Crippen LogP contribution is -2.18. The maximum absolute atomic E-state index is 6.09. The fourth-order valence-corrected chi connectivity index (χ4v) is 3.92. The van der Waals surface area contributed by atoms with Gasteiger partial charge in [0.05, 0.1) is 18.4 Å². The third-order valence-electron chi connectivity index (χ3n) is 4.62. The molecule has 0 spiro atoms. The van der Waals surface area contributed by atoms with Crippen molar-refractivity contribution in [2.75, 3.05) is 0 Å². The van der Waals surface area contributed by atoms with E-state index in [9.17, 15) is 0 Å². The number of fused-ring (bicyclic) bond motifs is 6. The van der Waals surface area contributed by atoms with Crippen LogP contribution in [0.5, 0.6) is 0 Å². The van der Waals surface area contributed by atoms with Gasteiger partial charge in [0.15, 0.2) is 10.8 Å². The minimum Gasteiger partial charge on any atom is -0.310 e. The normalized spacial score (nSPS) is 26.4. The van der Waals surface area contributed by atoms with Crippen LogP contribution in [-0.4, -0.2) is 19.5 Å². The van der Waals surface area contributed by atoms with Crippen molar-refractivity contribution in [3.63, 3.8) is 0 Å². The number of imidazole rings is 1. The maximum atomic E-state index is 6.09. The summed E-state index contributed by atoms with van der Waals surface area (Å²) in [6, 6.07) is 9.69. The Morgan fingerprint density at radius 1 is 1.14 bits per heavy atom. The highest BCUT2D eigenvalue weighted by molar-refractivity contribution is 6.33. The fraction of sp³-hybridized carbons (Fsp3) is 0.267. The van der Waals surface area contributed by atoms with Crippen LogP contribution in [0.3, 0.4) is 0 Å². The van der Waals surface area contributed by atoms with Gasteiger partial charge >= 0.3 is 0 Å². The molecule has 104 valence electrons. The zero-order chi connectivity index (χ0) is 14.0. The Hall–Kier alpha value is -1.98. The summed E-state index contributed by atoms with van der Waals surface area (Å²) in [5, 5.41) is 4.10. The lowest BCUT2D eigenvalue weighted by molar-refractivity contribution is 0.450. The van der Waals surface area contributed by atoms with Gasteiger partial charge < -0.3 is 9.88 Å². The molecule has 0 aliphatic carbocycles.